The smallest absolute Gasteiger partial charge is 0.243 e. The Hall–Kier alpha value is -2.22. The Morgan fingerprint density at radius 1 is 1.13 bits per heavy atom. The first-order valence-electron chi connectivity index (χ1n) is 9.93. The molecule has 1 fully saturated rings. The van der Waals surface area contributed by atoms with E-state index in [1.807, 2.05) is 45.0 Å². The van der Waals surface area contributed by atoms with Gasteiger partial charge in [0.25, 0.3) is 0 Å². The van der Waals surface area contributed by atoms with Crippen LogP contribution in [0.2, 0.25) is 5.02 Å². The fraction of sp³-hybridized carbons (Fsp3) is 0.364. The molecule has 1 saturated heterocycles. The van der Waals surface area contributed by atoms with Crippen LogP contribution in [0.1, 0.15) is 41.3 Å². The van der Waals surface area contributed by atoms with Crippen LogP contribution in [-0.2, 0) is 10.0 Å². The minimum Gasteiger partial charge on any atom is -0.339 e. The fourth-order valence-electron chi connectivity index (χ4n) is 4.21. The number of rotatable bonds is 4. The van der Waals surface area contributed by atoms with Gasteiger partial charge in [-0.25, -0.2) is 8.42 Å². The number of hydrogen-bond donors (Lipinski definition) is 0. The van der Waals surface area contributed by atoms with E-state index in [1.165, 1.54) is 0 Å². The lowest BCUT2D eigenvalue weighted by atomic mass is 10.00. The lowest BCUT2D eigenvalue weighted by molar-refractivity contribution is 0.265. The van der Waals surface area contributed by atoms with E-state index >= 15 is 0 Å². The Bertz CT molecular complexity index is 1170. The average molecular weight is 446 g/mol. The van der Waals surface area contributed by atoms with Crippen LogP contribution >= 0.6 is 11.6 Å². The largest absolute Gasteiger partial charge is 0.339 e. The van der Waals surface area contributed by atoms with Crippen LogP contribution in [0.4, 0.5) is 0 Å². The van der Waals surface area contributed by atoms with Crippen molar-refractivity contribution >= 4 is 21.6 Å². The molecule has 1 atom stereocenters. The molecule has 1 aliphatic rings. The first-order valence-corrected chi connectivity index (χ1v) is 11.7. The molecule has 2 heterocycles. The highest BCUT2D eigenvalue weighted by atomic mass is 35.5. The van der Waals surface area contributed by atoms with E-state index in [4.69, 9.17) is 16.1 Å². The van der Waals surface area contributed by atoms with E-state index in [0.717, 1.165) is 35.1 Å². The Morgan fingerprint density at radius 3 is 2.57 bits per heavy atom. The van der Waals surface area contributed by atoms with Crippen LogP contribution in [0.25, 0.3) is 11.4 Å². The van der Waals surface area contributed by atoms with E-state index in [-0.39, 0.29) is 5.92 Å². The van der Waals surface area contributed by atoms with Gasteiger partial charge in [0, 0.05) is 23.7 Å². The molecule has 4 rings (SSSR count). The molecule has 0 spiro atoms. The van der Waals surface area contributed by atoms with E-state index in [2.05, 4.69) is 10.1 Å². The lowest BCUT2D eigenvalue weighted by Crippen LogP contribution is -2.39. The van der Waals surface area contributed by atoms with Crippen LogP contribution in [0.15, 0.2) is 45.8 Å². The zero-order valence-electron chi connectivity index (χ0n) is 17.2. The monoisotopic (exact) mass is 445 g/mol. The third-order valence-corrected chi connectivity index (χ3v) is 7.87. The lowest BCUT2D eigenvalue weighted by Gasteiger charge is -2.31. The normalized spacial score (nSPS) is 17.9. The molecule has 30 heavy (non-hydrogen) atoms. The number of benzene rings is 2. The predicted octanol–water partition coefficient (Wildman–Crippen LogP) is 4.88. The van der Waals surface area contributed by atoms with Gasteiger partial charge in [-0.2, -0.15) is 9.29 Å². The van der Waals surface area contributed by atoms with Gasteiger partial charge in [-0.1, -0.05) is 46.6 Å². The summed E-state index contributed by atoms with van der Waals surface area (Å²) in [7, 11) is -3.61. The van der Waals surface area contributed by atoms with Gasteiger partial charge < -0.3 is 4.52 Å². The summed E-state index contributed by atoms with van der Waals surface area (Å²) in [6.07, 6.45) is 1.54. The summed E-state index contributed by atoms with van der Waals surface area (Å²) in [4.78, 5) is 4.93. The highest BCUT2D eigenvalue weighted by Crippen LogP contribution is 2.33. The molecule has 0 amide bonds. The van der Waals surface area contributed by atoms with Crippen LogP contribution in [0.5, 0.6) is 0 Å². The van der Waals surface area contributed by atoms with Crippen molar-refractivity contribution in [2.45, 2.75) is 44.4 Å². The average Bonchev–Trinajstić information content (AvgIpc) is 3.17. The molecule has 0 saturated carbocycles. The molecule has 0 radical (unpaired) electrons. The van der Waals surface area contributed by atoms with Gasteiger partial charge >= 0.3 is 0 Å². The minimum atomic E-state index is -3.61. The zero-order valence-corrected chi connectivity index (χ0v) is 18.8. The summed E-state index contributed by atoms with van der Waals surface area (Å²) in [5.41, 5.74) is 3.37. The molecule has 2 aromatic carbocycles. The molecule has 0 N–H and O–H groups in total. The number of aromatic nitrogens is 2. The number of hydrogen-bond acceptors (Lipinski definition) is 5. The van der Waals surface area contributed by atoms with Gasteiger partial charge in [0.05, 0.1) is 10.8 Å². The van der Waals surface area contributed by atoms with Crippen molar-refractivity contribution in [2.75, 3.05) is 13.1 Å². The molecular formula is C22H24ClN3O3S. The number of nitrogens with zero attached hydrogens (tertiary/aromatic N) is 3. The topological polar surface area (TPSA) is 76.3 Å². The minimum absolute atomic E-state index is 0.139. The number of piperidine rings is 1. The van der Waals surface area contributed by atoms with Crippen LogP contribution in [0, 0.1) is 20.8 Å². The second-order valence-electron chi connectivity index (χ2n) is 7.90. The number of sulfonamides is 1. The molecule has 0 bridgehead atoms. The van der Waals surface area contributed by atoms with Crippen molar-refractivity contribution in [3.05, 3.63) is 64.0 Å². The maximum absolute atomic E-state index is 13.4. The van der Waals surface area contributed by atoms with Crippen molar-refractivity contribution in [3.8, 4) is 11.4 Å². The first kappa shape index (κ1) is 21.0. The van der Waals surface area contributed by atoms with E-state index in [1.54, 1.807) is 16.4 Å². The van der Waals surface area contributed by atoms with Crippen molar-refractivity contribution in [2.24, 2.45) is 0 Å². The van der Waals surface area contributed by atoms with Gasteiger partial charge in [0.15, 0.2) is 0 Å². The summed E-state index contributed by atoms with van der Waals surface area (Å²) in [5, 5.41) is 4.67. The van der Waals surface area contributed by atoms with E-state index in [0.29, 0.717) is 34.7 Å². The van der Waals surface area contributed by atoms with Gasteiger partial charge in [0.1, 0.15) is 0 Å². The third kappa shape index (κ3) is 4.02. The summed E-state index contributed by atoms with van der Waals surface area (Å²) in [5.74, 6) is 0.778. The van der Waals surface area contributed by atoms with Crippen molar-refractivity contribution in [3.63, 3.8) is 0 Å². The summed E-state index contributed by atoms with van der Waals surface area (Å²) < 4.78 is 33.9. The Balaban J connectivity index is 1.60. The fourth-order valence-corrected chi connectivity index (χ4v) is 6.34. The molecular weight excluding hydrogens is 422 g/mol. The second kappa shape index (κ2) is 8.13. The molecule has 3 aromatic rings. The van der Waals surface area contributed by atoms with Gasteiger partial charge in [-0.3, -0.25) is 0 Å². The zero-order chi connectivity index (χ0) is 21.5. The Labute approximate surface area is 181 Å². The first-order chi connectivity index (χ1) is 14.3. The summed E-state index contributed by atoms with van der Waals surface area (Å²) in [6.45, 7) is 6.49. The summed E-state index contributed by atoms with van der Waals surface area (Å²) >= 11 is 6.05. The highest BCUT2D eigenvalue weighted by molar-refractivity contribution is 7.89. The maximum Gasteiger partial charge on any atom is 0.243 e. The van der Waals surface area contributed by atoms with Crippen LogP contribution in [-0.4, -0.2) is 36.0 Å². The maximum atomic E-state index is 13.4. The molecule has 8 heteroatoms. The molecule has 6 nitrogen and oxygen atoms in total. The standard InChI is InChI=1S/C22H24ClN3O3S/c1-14-10-15(2)20(16(3)11-14)30(27,28)26-9-5-7-18(13-26)22-24-21(25-29-22)17-6-4-8-19(23)12-17/h4,6,8,10-12,18H,5,7,9,13H2,1-3H3. The third-order valence-electron chi connectivity index (χ3n) is 5.46. The van der Waals surface area contributed by atoms with Gasteiger partial charge in [-0.05, 0) is 56.9 Å². The quantitative estimate of drug-likeness (QED) is 0.571. The SMILES string of the molecule is Cc1cc(C)c(S(=O)(=O)N2CCCC(c3nc(-c4cccc(Cl)c4)no3)C2)c(C)c1. The number of aryl methyl sites for hydroxylation is 3. The molecule has 0 aliphatic carbocycles. The van der Waals surface area contributed by atoms with Crippen molar-refractivity contribution < 1.29 is 12.9 Å². The molecule has 1 aromatic heterocycles. The molecule has 158 valence electrons. The van der Waals surface area contributed by atoms with Crippen molar-refractivity contribution in [1.29, 1.82) is 0 Å². The molecule has 1 unspecified atom stereocenters. The van der Waals surface area contributed by atoms with Crippen LogP contribution in [0.3, 0.4) is 0 Å². The van der Waals surface area contributed by atoms with E-state index in [9.17, 15) is 8.42 Å². The van der Waals surface area contributed by atoms with Crippen molar-refractivity contribution in [1.82, 2.24) is 14.4 Å². The summed E-state index contributed by atoms with van der Waals surface area (Å²) in [6, 6.07) is 11.1. The Kier molecular flexibility index (Phi) is 5.70. The Morgan fingerprint density at radius 2 is 1.87 bits per heavy atom. The van der Waals surface area contributed by atoms with Crippen LogP contribution < -0.4 is 0 Å². The van der Waals surface area contributed by atoms with Gasteiger partial charge in [0.2, 0.25) is 21.7 Å². The van der Waals surface area contributed by atoms with E-state index < -0.39 is 10.0 Å². The molecule has 1 aliphatic heterocycles. The highest BCUT2D eigenvalue weighted by Gasteiger charge is 2.35. The second-order valence-corrected chi connectivity index (χ2v) is 10.2. The predicted molar refractivity (Wildman–Crippen MR) is 116 cm³/mol. The van der Waals surface area contributed by atoms with Gasteiger partial charge in [-0.15, -0.1) is 0 Å². The number of halogens is 1.